The number of nitrogens with zero attached hydrogens (tertiary/aromatic N) is 2. The number of non-ortho nitro benzene ring substituents is 1. The van der Waals surface area contributed by atoms with Gasteiger partial charge >= 0.3 is 5.69 Å². The lowest BCUT2D eigenvalue weighted by Crippen LogP contribution is -2.24. The van der Waals surface area contributed by atoms with Gasteiger partial charge in [0.1, 0.15) is 6.17 Å². The van der Waals surface area contributed by atoms with Crippen molar-refractivity contribution in [1.29, 1.82) is 0 Å². The molecule has 0 saturated heterocycles. The van der Waals surface area contributed by atoms with Crippen LogP contribution in [0.2, 0.25) is 0 Å². The number of hydrogen-bond donors (Lipinski definition) is 3. The Hall–Kier alpha value is -3.88. The molecule has 0 spiro atoms. The van der Waals surface area contributed by atoms with Gasteiger partial charge in [0.15, 0.2) is 0 Å². The third-order valence-electron chi connectivity index (χ3n) is 4.33. The minimum Gasteiger partial charge on any atom is -0.502 e. The summed E-state index contributed by atoms with van der Waals surface area (Å²) >= 11 is 0. The second-order valence-electron chi connectivity index (χ2n) is 5.85. The van der Waals surface area contributed by atoms with Gasteiger partial charge in [-0.05, 0) is 17.5 Å². The van der Waals surface area contributed by atoms with Crippen molar-refractivity contribution in [1.82, 2.24) is 0 Å². The van der Waals surface area contributed by atoms with E-state index in [1.807, 2.05) is 36.4 Å². The van der Waals surface area contributed by atoms with Crippen LogP contribution in [0.3, 0.4) is 0 Å². The lowest BCUT2D eigenvalue weighted by molar-refractivity contribution is -0.394. The Morgan fingerprint density at radius 2 is 1.54 bits per heavy atom. The number of nitro groups is 2. The number of aromatic hydroxyl groups is 1. The molecule has 0 amide bonds. The van der Waals surface area contributed by atoms with Crippen LogP contribution in [0.1, 0.15) is 11.7 Å². The first-order chi connectivity index (χ1) is 12.5. The van der Waals surface area contributed by atoms with Crippen LogP contribution in [-0.2, 0) is 0 Å². The van der Waals surface area contributed by atoms with Crippen molar-refractivity contribution >= 4 is 33.5 Å². The molecule has 3 aromatic carbocycles. The summed E-state index contributed by atoms with van der Waals surface area (Å²) in [7, 11) is 0. The van der Waals surface area contributed by atoms with Crippen LogP contribution in [0.4, 0.5) is 22.7 Å². The van der Waals surface area contributed by atoms with Gasteiger partial charge in [-0.2, -0.15) is 0 Å². The van der Waals surface area contributed by atoms with Gasteiger partial charge in [0, 0.05) is 22.8 Å². The molecular formula is C17H12N4O5. The van der Waals surface area contributed by atoms with Gasteiger partial charge in [0.05, 0.1) is 21.5 Å². The van der Waals surface area contributed by atoms with Crippen molar-refractivity contribution in [3.05, 3.63) is 74.3 Å². The van der Waals surface area contributed by atoms with Gasteiger partial charge < -0.3 is 15.7 Å². The molecule has 0 unspecified atom stereocenters. The van der Waals surface area contributed by atoms with Crippen LogP contribution in [0.25, 0.3) is 10.8 Å². The fraction of sp³-hybridized carbons (Fsp3) is 0.0588. The molecule has 0 aromatic heterocycles. The quantitative estimate of drug-likeness (QED) is 0.481. The Labute approximate surface area is 146 Å². The van der Waals surface area contributed by atoms with Crippen molar-refractivity contribution in [3.63, 3.8) is 0 Å². The fourth-order valence-electron chi connectivity index (χ4n) is 3.17. The first kappa shape index (κ1) is 15.6. The number of nitro benzene ring substituents is 2. The predicted molar refractivity (Wildman–Crippen MR) is 95.4 cm³/mol. The molecule has 0 atom stereocenters. The number of phenolic OH excluding ortho intramolecular Hbond substituents is 1. The van der Waals surface area contributed by atoms with Crippen LogP contribution in [-0.4, -0.2) is 15.0 Å². The van der Waals surface area contributed by atoms with Crippen LogP contribution in [0, 0.1) is 20.2 Å². The number of nitrogens with one attached hydrogen (secondary N) is 2. The topological polar surface area (TPSA) is 131 Å². The summed E-state index contributed by atoms with van der Waals surface area (Å²) in [5.74, 6) is -0.614. The minimum absolute atomic E-state index is 0.0254. The van der Waals surface area contributed by atoms with Gasteiger partial charge in [0.2, 0.25) is 5.75 Å². The van der Waals surface area contributed by atoms with E-state index in [9.17, 15) is 25.3 Å². The summed E-state index contributed by atoms with van der Waals surface area (Å²) in [6.45, 7) is 0. The molecule has 0 fully saturated rings. The van der Waals surface area contributed by atoms with E-state index in [4.69, 9.17) is 0 Å². The first-order valence-electron chi connectivity index (χ1n) is 7.66. The number of rotatable bonds is 3. The van der Waals surface area contributed by atoms with Crippen LogP contribution in [0.5, 0.6) is 5.75 Å². The average Bonchev–Trinajstić information content (AvgIpc) is 2.61. The molecule has 3 aromatic rings. The molecule has 4 rings (SSSR count). The zero-order chi connectivity index (χ0) is 18.4. The Balaban J connectivity index is 1.87. The zero-order valence-electron chi connectivity index (χ0n) is 13.2. The van der Waals surface area contributed by atoms with Crippen molar-refractivity contribution < 1.29 is 15.0 Å². The van der Waals surface area contributed by atoms with E-state index in [0.29, 0.717) is 0 Å². The standard InChI is InChI=1S/C17H12N4O5/c22-16-11(7-10(20(23)24)8-14(16)21(25)26)17-18-12-5-1-3-9-4-2-6-13(19-17)15(9)12/h1-8,17-19,22H. The molecule has 0 bridgehead atoms. The molecule has 0 saturated carbocycles. The molecule has 26 heavy (non-hydrogen) atoms. The average molecular weight is 352 g/mol. The Kier molecular flexibility index (Phi) is 3.36. The normalized spacial score (nSPS) is 13.1. The van der Waals surface area contributed by atoms with Crippen LogP contribution < -0.4 is 10.6 Å². The van der Waals surface area contributed by atoms with E-state index in [-0.39, 0.29) is 5.56 Å². The monoisotopic (exact) mass is 352 g/mol. The number of anilines is 2. The summed E-state index contributed by atoms with van der Waals surface area (Å²) in [5, 5.41) is 40.8. The largest absolute Gasteiger partial charge is 0.502 e. The van der Waals surface area contributed by atoms with E-state index in [1.165, 1.54) is 0 Å². The maximum absolute atomic E-state index is 11.2. The van der Waals surface area contributed by atoms with E-state index in [2.05, 4.69) is 10.6 Å². The highest BCUT2D eigenvalue weighted by Gasteiger charge is 2.30. The van der Waals surface area contributed by atoms with E-state index in [0.717, 1.165) is 34.3 Å². The summed E-state index contributed by atoms with van der Waals surface area (Å²) in [6.07, 6.45) is -0.769. The molecule has 1 aliphatic heterocycles. The zero-order valence-corrected chi connectivity index (χ0v) is 13.2. The third-order valence-corrected chi connectivity index (χ3v) is 4.33. The SMILES string of the molecule is O=[N+]([O-])c1cc(C2Nc3cccc4cccc(c34)N2)c(O)c([N+](=O)[O-])c1. The van der Waals surface area contributed by atoms with Crippen LogP contribution in [0.15, 0.2) is 48.5 Å². The Morgan fingerprint density at radius 1 is 0.923 bits per heavy atom. The Bertz CT molecular complexity index is 1040. The van der Waals surface area contributed by atoms with Crippen molar-refractivity contribution in [2.45, 2.75) is 6.17 Å². The summed E-state index contributed by atoms with van der Waals surface area (Å²) in [4.78, 5) is 20.7. The van der Waals surface area contributed by atoms with E-state index in [1.54, 1.807) is 0 Å². The summed E-state index contributed by atoms with van der Waals surface area (Å²) in [5.41, 5.74) is 0.364. The van der Waals surface area contributed by atoms with Gasteiger partial charge in [-0.25, -0.2) is 0 Å². The first-order valence-corrected chi connectivity index (χ1v) is 7.66. The van der Waals surface area contributed by atoms with Crippen molar-refractivity contribution in [3.8, 4) is 5.75 Å². The maximum atomic E-state index is 11.2. The van der Waals surface area contributed by atoms with E-state index < -0.39 is 33.1 Å². The van der Waals surface area contributed by atoms with Gasteiger partial charge in [-0.15, -0.1) is 0 Å². The van der Waals surface area contributed by atoms with Gasteiger partial charge in [0.25, 0.3) is 5.69 Å². The molecule has 3 N–H and O–H groups in total. The van der Waals surface area contributed by atoms with E-state index >= 15 is 0 Å². The van der Waals surface area contributed by atoms with Gasteiger partial charge in [-0.1, -0.05) is 24.3 Å². The smallest absolute Gasteiger partial charge is 0.318 e. The van der Waals surface area contributed by atoms with Crippen molar-refractivity contribution in [2.24, 2.45) is 0 Å². The molecule has 9 nitrogen and oxygen atoms in total. The summed E-state index contributed by atoms with van der Waals surface area (Å²) in [6, 6.07) is 13.1. The fourth-order valence-corrected chi connectivity index (χ4v) is 3.17. The highest BCUT2D eigenvalue weighted by atomic mass is 16.6. The number of benzene rings is 3. The Morgan fingerprint density at radius 3 is 2.08 bits per heavy atom. The van der Waals surface area contributed by atoms with Gasteiger partial charge in [-0.3, -0.25) is 20.2 Å². The molecule has 0 aliphatic carbocycles. The number of phenols is 1. The number of hydrogen-bond acceptors (Lipinski definition) is 7. The molecule has 9 heteroatoms. The molecule has 1 heterocycles. The lowest BCUT2D eigenvalue weighted by Gasteiger charge is -2.29. The predicted octanol–water partition coefficient (Wildman–Crippen LogP) is 3.90. The van der Waals surface area contributed by atoms with Crippen LogP contribution >= 0.6 is 0 Å². The lowest BCUT2D eigenvalue weighted by atomic mass is 10.0. The highest BCUT2D eigenvalue weighted by molar-refractivity contribution is 6.04. The highest BCUT2D eigenvalue weighted by Crippen LogP contribution is 2.43. The molecule has 0 radical (unpaired) electrons. The molecule has 130 valence electrons. The summed E-state index contributed by atoms with van der Waals surface area (Å²) < 4.78 is 0. The maximum Gasteiger partial charge on any atom is 0.318 e. The third kappa shape index (κ3) is 2.34. The molecule has 1 aliphatic rings. The second-order valence-corrected chi connectivity index (χ2v) is 5.85. The second kappa shape index (κ2) is 5.59. The van der Waals surface area contributed by atoms with Crippen molar-refractivity contribution in [2.75, 3.05) is 10.6 Å². The minimum atomic E-state index is -0.844. The molecular weight excluding hydrogens is 340 g/mol.